The summed E-state index contributed by atoms with van der Waals surface area (Å²) in [7, 11) is 0. The first-order chi connectivity index (χ1) is 8.04. The number of hydrogen-bond acceptors (Lipinski definition) is 2. The van der Waals surface area contributed by atoms with E-state index in [2.05, 4.69) is 0 Å². The fourth-order valence-corrected chi connectivity index (χ4v) is 2.37. The number of carbonyl (C=O) groups is 1. The number of nitrogens with two attached hydrogens (primary N) is 1. The fraction of sp³-hybridized carbons (Fsp3) is 0.462. The Morgan fingerprint density at radius 2 is 1.65 bits per heavy atom. The Morgan fingerprint density at radius 1 is 1.12 bits per heavy atom. The van der Waals surface area contributed by atoms with E-state index >= 15 is 0 Å². The highest BCUT2D eigenvalue weighted by molar-refractivity contribution is 6.03. The third-order valence-corrected chi connectivity index (χ3v) is 3.39. The van der Waals surface area contributed by atoms with E-state index in [1.54, 1.807) is 0 Å². The van der Waals surface area contributed by atoms with Gasteiger partial charge in [-0.15, -0.1) is 0 Å². The van der Waals surface area contributed by atoms with Gasteiger partial charge in [0.15, 0.2) is 5.78 Å². The molecule has 0 aliphatic heterocycles. The Balaban J connectivity index is 2.36. The second-order valence-electron chi connectivity index (χ2n) is 4.64. The van der Waals surface area contributed by atoms with Crippen LogP contribution in [0, 0.1) is 11.6 Å². The van der Waals surface area contributed by atoms with Crippen molar-refractivity contribution < 1.29 is 13.6 Å². The summed E-state index contributed by atoms with van der Waals surface area (Å²) in [4.78, 5) is 12.2. The van der Waals surface area contributed by atoms with Gasteiger partial charge in [0.25, 0.3) is 0 Å². The standard InChI is InChI=1S/C13H15F2NO/c14-9-5-4-6-10(15)11(9)12(17)13(16)7-2-1-3-8-13/h4-6H,1-3,7-8,16H2. The summed E-state index contributed by atoms with van der Waals surface area (Å²) in [5.41, 5.74) is 4.40. The molecule has 0 spiro atoms. The maximum absolute atomic E-state index is 13.5. The van der Waals surface area contributed by atoms with Crippen molar-refractivity contribution in [3.05, 3.63) is 35.4 Å². The first kappa shape index (κ1) is 12.2. The van der Waals surface area contributed by atoms with Crippen molar-refractivity contribution in [2.75, 3.05) is 0 Å². The number of Topliss-reactive ketones (excluding diaryl/α,β-unsaturated/α-hetero) is 1. The van der Waals surface area contributed by atoms with Crippen LogP contribution in [-0.2, 0) is 0 Å². The molecule has 2 N–H and O–H groups in total. The molecule has 0 saturated heterocycles. The van der Waals surface area contributed by atoms with Crippen LogP contribution in [0.1, 0.15) is 42.5 Å². The predicted octanol–water partition coefficient (Wildman–Crippen LogP) is 2.81. The number of carbonyl (C=O) groups excluding carboxylic acids is 1. The van der Waals surface area contributed by atoms with E-state index in [4.69, 9.17) is 5.73 Å². The Bertz CT molecular complexity index is 419. The molecule has 2 nitrogen and oxygen atoms in total. The van der Waals surface area contributed by atoms with Crippen molar-refractivity contribution in [2.45, 2.75) is 37.6 Å². The molecule has 0 radical (unpaired) electrons. The number of halogens is 2. The van der Waals surface area contributed by atoms with Crippen LogP contribution in [0.3, 0.4) is 0 Å². The third-order valence-electron chi connectivity index (χ3n) is 3.39. The molecule has 0 aromatic heterocycles. The van der Waals surface area contributed by atoms with Crippen LogP contribution in [0.2, 0.25) is 0 Å². The maximum atomic E-state index is 13.5. The summed E-state index contributed by atoms with van der Waals surface area (Å²) in [6.07, 6.45) is 3.68. The molecule has 0 heterocycles. The Kier molecular flexibility index (Phi) is 3.24. The van der Waals surface area contributed by atoms with Crippen LogP contribution < -0.4 is 5.73 Å². The van der Waals surface area contributed by atoms with Crippen LogP contribution in [0.5, 0.6) is 0 Å². The average Bonchev–Trinajstić information content (AvgIpc) is 2.29. The van der Waals surface area contributed by atoms with Crippen LogP contribution in [0.4, 0.5) is 8.78 Å². The molecule has 1 aromatic carbocycles. The highest BCUT2D eigenvalue weighted by Gasteiger charge is 2.38. The lowest BCUT2D eigenvalue weighted by Crippen LogP contribution is -2.49. The molecule has 1 aliphatic rings. The summed E-state index contributed by atoms with van der Waals surface area (Å²) >= 11 is 0. The minimum Gasteiger partial charge on any atom is -0.319 e. The normalized spacial score (nSPS) is 19.0. The van der Waals surface area contributed by atoms with Gasteiger partial charge in [-0.1, -0.05) is 25.3 Å². The van der Waals surface area contributed by atoms with Crippen LogP contribution >= 0.6 is 0 Å². The van der Waals surface area contributed by atoms with E-state index in [0.717, 1.165) is 31.4 Å². The molecule has 1 fully saturated rings. The molecular formula is C13H15F2NO. The lowest BCUT2D eigenvalue weighted by atomic mass is 9.77. The van der Waals surface area contributed by atoms with E-state index in [0.29, 0.717) is 12.8 Å². The zero-order valence-corrected chi connectivity index (χ0v) is 9.51. The van der Waals surface area contributed by atoms with Gasteiger partial charge in [0.2, 0.25) is 0 Å². The highest BCUT2D eigenvalue weighted by Crippen LogP contribution is 2.30. The Labute approximate surface area is 98.8 Å². The molecule has 2 rings (SSSR count). The second-order valence-corrected chi connectivity index (χ2v) is 4.64. The largest absolute Gasteiger partial charge is 0.319 e. The van der Waals surface area contributed by atoms with E-state index in [9.17, 15) is 13.6 Å². The molecule has 1 saturated carbocycles. The maximum Gasteiger partial charge on any atom is 0.188 e. The smallest absolute Gasteiger partial charge is 0.188 e. The molecule has 17 heavy (non-hydrogen) atoms. The quantitative estimate of drug-likeness (QED) is 0.806. The zero-order valence-electron chi connectivity index (χ0n) is 9.51. The van der Waals surface area contributed by atoms with Crippen molar-refractivity contribution in [3.63, 3.8) is 0 Å². The second kappa shape index (κ2) is 4.53. The van der Waals surface area contributed by atoms with Gasteiger partial charge in [-0.25, -0.2) is 8.78 Å². The molecule has 1 aromatic rings. The van der Waals surface area contributed by atoms with E-state index < -0.39 is 28.5 Å². The SMILES string of the molecule is NC1(C(=O)c2c(F)cccc2F)CCCCC1. The molecular weight excluding hydrogens is 224 g/mol. The highest BCUT2D eigenvalue weighted by atomic mass is 19.1. The van der Waals surface area contributed by atoms with Gasteiger partial charge in [-0.2, -0.15) is 0 Å². The number of benzene rings is 1. The Morgan fingerprint density at radius 3 is 2.18 bits per heavy atom. The monoisotopic (exact) mass is 239 g/mol. The average molecular weight is 239 g/mol. The lowest BCUT2D eigenvalue weighted by Gasteiger charge is -2.31. The summed E-state index contributed by atoms with van der Waals surface area (Å²) in [6.45, 7) is 0. The summed E-state index contributed by atoms with van der Waals surface area (Å²) < 4.78 is 27.0. The van der Waals surface area contributed by atoms with Crippen molar-refractivity contribution in [1.82, 2.24) is 0 Å². The topological polar surface area (TPSA) is 43.1 Å². The van der Waals surface area contributed by atoms with Crippen molar-refractivity contribution in [2.24, 2.45) is 5.73 Å². The first-order valence-corrected chi connectivity index (χ1v) is 5.82. The minimum atomic E-state index is -1.10. The molecule has 92 valence electrons. The molecule has 4 heteroatoms. The van der Waals surface area contributed by atoms with Gasteiger partial charge < -0.3 is 5.73 Å². The summed E-state index contributed by atoms with van der Waals surface area (Å²) in [5.74, 6) is -2.26. The van der Waals surface area contributed by atoms with E-state index in [-0.39, 0.29) is 0 Å². The predicted molar refractivity (Wildman–Crippen MR) is 60.7 cm³/mol. The third kappa shape index (κ3) is 2.22. The number of hydrogen-bond donors (Lipinski definition) is 1. The minimum absolute atomic E-state index is 0.489. The van der Waals surface area contributed by atoms with Crippen LogP contribution in [0.15, 0.2) is 18.2 Å². The van der Waals surface area contributed by atoms with Gasteiger partial charge in [0.05, 0.1) is 11.1 Å². The number of rotatable bonds is 2. The van der Waals surface area contributed by atoms with Crippen molar-refractivity contribution >= 4 is 5.78 Å². The van der Waals surface area contributed by atoms with Crippen LogP contribution in [0.25, 0.3) is 0 Å². The Hall–Kier alpha value is -1.29. The van der Waals surface area contributed by atoms with Gasteiger partial charge in [0, 0.05) is 0 Å². The molecule has 1 aliphatic carbocycles. The molecule has 0 unspecified atom stereocenters. The van der Waals surface area contributed by atoms with Gasteiger partial charge in [0.1, 0.15) is 11.6 Å². The lowest BCUT2D eigenvalue weighted by molar-refractivity contribution is 0.0839. The first-order valence-electron chi connectivity index (χ1n) is 5.82. The van der Waals surface area contributed by atoms with Crippen LogP contribution in [-0.4, -0.2) is 11.3 Å². The van der Waals surface area contributed by atoms with Crippen molar-refractivity contribution in [1.29, 1.82) is 0 Å². The van der Waals surface area contributed by atoms with E-state index in [1.807, 2.05) is 0 Å². The molecule has 0 atom stereocenters. The van der Waals surface area contributed by atoms with Gasteiger partial charge >= 0.3 is 0 Å². The van der Waals surface area contributed by atoms with Gasteiger partial charge in [-0.3, -0.25) is 4.79 Å². The van der Waals surface area contributed by atoms with E-state index in [1.165, 1.54) is 6.07 Å². The summed E-state index contributed by atoms with van der Waals surface area (Å²) in [5, 5.41) is 0. The van der Waals surface area contributed by atoms with Crippen molar-refractivity contribution in [3.8, 4) is 0 Å². The van der Waals surface area contributed by atoms with Gasteiger partial charge in [-0.05, 0) is 25.0 Å². The fourth-order valence-electron chi connectivity index (χ4n) is 2.37. The molecule has 0 bridgehead atoms. The zero-order chi connectivity index (χ0) is 12.5. The molecule has 0 amide bonds. The summed E-state index contributed by atoms with van der Waals surface area (Å²) in [6, 6.07) is 3.41. The number of ketones is 1.